The Kier molecular flexibility index (Phi) is 8.41. The molecule has 2 heterocycles. The molecule has 1 N–H and O–H groups in total. The first-order valence-electron chi connectivity index (χ1n) is 11.8. The summed E-state index contributed by atoms with van der Waals surface area (Å²) in [6.07, 6.45) is 9.45. The first-order chi connectivity index (χ1) is 16.4. The Labute approximate surface area is 203 Å². The number of allylic oxidation sites excluding steroid dienone is 2. The van der Waals surface area contributed by atoms with E-state index in [1.54, 1.807) is 16.9 Å². The van der Waals surface area contributed by atoms with Crippen LogP contribution in [0.5, 0.6) is 0 Å². The van der Waals surface area contributed by atoms with Gasteiger partial charge in [0.25, 0.3) is 5.91 Å². The van der Waals surface area contributed by atoms with Crippen molar-refractivity contribution in [1.82, 2.24) is 20.1 Å². The molecule has 0 unspecified atom stereocenters. The molecule has 3 rings (SSSR count). The van der Waals surface area contributed by atoms with Crippen molar-refractivity contribution in [2.24, 2.45) is 7.05 Å². The van der Waals surface area contributed by atoms with Gasteiger partial charge in [0.15, 0.2) is 0 Å². The van der Waals surface area contributed by atoms with E-state index in [2.05, 4.69) is 58.9 Å². The van der Waals surface area contributed by atoms with Crippen molar-refractivity contribution in [3.63, 3.8) is 0 Å². The quantitative estimate of drug-likeness (QED) is 0.410. The van der Waals surface area contributed by atoms with E-state index < -0.39 is 0 Å². The number of aryl methyl sites for hydroxylation is 1. The third-order valence-corrected chi connectivity index (χ3v) is 5.90. The Hall–Kier alpha value is -3.67. The summed E-state index contributed by atoms with van der Waals surface area (Å²) in [5.41, 5.74) is 6.54. The van der Waals surface area contributed by atoms with Crippen molar-refractivity contribution in [3.8, 4) is 11.1 Å². The van der Waals surface area contributed by atoms with Gasteiger partial charge in [0.05, 0.1) is 6.20 Å². The summed E-state index contributed by atoms with van der Waals surface area (Å²) in [6.45, 7) is 14.1. The number of carbonyl (C=O) groups is 1. The summed E-state index contributed by atoms with van der Waals surface area (Å²) in [7, 11) is 1.90. The lowest BCUT2D eigenvalue weighted by Gasteiger charge is -2.23. The largest absolute Gasteiger partial charge is 0.357 e. The van der Waals surface area contributed by atoms with Gasteiger partial charge in [0.2, 0.25) is 0 Å². The molecule has 0 atom stereocenters. The molecule has 34 heavy (non-hydrogen) atoms. The Morgan fingerprint density at radius 3 is 2.47 bits per heavy atom. The molecule has 0 aliphatic rings. The number of amides is 1. The maximum Gasteiger partial charge on any atom is 0.255 e. The zero-order valence-electron chi connectivity index (χ0n) is 20.9. The number of anilines is 1. The molecule has 0 saturated heterocycles. The number of rotatable bonds is 10. The van der Waals surface area contributed by atoms with Crippen molar-refractivity contribution in [1.29, 1.82) is 0 Å². The number of hydrogen-bond acceptors (Lipinski definition) is 4. The molecule has 0 fully saturated rings. The summed E-state index contributed by atoms with van der Waals surface area (Å²) >= 11 is 0. The van der Waals surface area contributed by atoms with Gasteiger partial charge in [0.1, 0.15) is 5.82 Å². The van der Waals surface area contributed by atoms with E-state index in [-0.39, 0.29) is 5.91 Å². The van der Waals surface area contributed by atoms with E-state index in [9.17, 15) is 4.79 Å². The fourth-order valence-corrected chi connectivity index (χ4v) is 3.96. The Bertz CT molecular complexity index is 1190. The lowest BCUT2D eigenvalue weighted by molar-refractivity contribution is 0.0966. The van der Waals surface area contributed by atoms with Crippen LogP contribution < -0.4 is 10.2 Å². The second-order valence-electron chi connectivity index (χ2n) is 8.50. The molecule has 0 bridgehead atoms. The monoisotopic (exact) mass is 457 g/mol. The van der Waals surface area contributed by atoms with Crippen LogP contribution in [0.2, 0.25) is 0 Å². The predicted octanol–water partition coefficient (Wildman–Crippen LogP) is 5.93. The summed E-state index contributed by atoms with van der Waals surface area (Å²) < 4.78 is 1.79. The topological polar surface area (TPSA) is 63.1 Å². The summed E-state index contributed by atoms with van der Waals surface area (Å²) in [4.78, 5) is 19.8. The number of nitrogens with zero attached hydrogens (tertiary/aromatic N) is 4. The predicted molar refractivity (Wildman–Crippen MR) is 142 cm³/mol. The fraction of sp³-hybridized carbons (Fsp3) is 0.321. The molecule has 3 aromatic rings. The van der Waals surface area contributed by atoms with Gasteiger partial charge in [-0.3, -0.25) is 9.48 Å². The normalized spacial score (nSPS) is 11.7. The van der Waals surface area contributed by atoms with Gasteiger partial charge >= 0.3 is 0 Å². The van der Waals surface area contributed by atoms with Gasteiger partial charge < -0.3 is 10.2 Å². The van der Waals surface area contributed by atoms with E-state index in [1.165, 1.54) is 0 Å². The average Bonchev–Trinajstić information content (AvgIpc) is 3.29. The maximum atomic E-state index is 13.1. The molecular formula is C28H35N5O. The van der Waals surface area contributed by atoms with Crippen LogP contribution in [0.1, 0.15) is 62.0 Å². The smallest absolute Gasteiger partial charge is 0.255 e. The number of pyridine rings is 1. The second-order valence-corrected chi connectivity index (χ2v) is 8.50. The summed E-state index contributed by atoms with van der Waals surface area (Å²) in [6, 6.07) is 9.87. The maximum absolute atomic E-state index is 13.1. The van der Waals surface area contributed by atoms with Crippen LogP contribution in [0.3, 0.4) is 0 Å². The lowest BCUT2D eigenvalue weighted by atomic mass is 9.95. The van der Waals surface area contributed by atoms with Crippen molar-refractivity contribution >= 4 is 23.4 Å². The van der Waals surface area contributed by atoms with Gasteiger partial charge in [-0.15, -0.1) is 0 Å². The van der Waals surface area contributed by atoms with Crippen molar-refractivity contribution in [2.45, 2.75) is 40.5 Å². The molecule has 0 spiro atoms. The molecular weight excluding hydrogens is 422 g/mol. The molecule has 0 aliphatic carbocycles. The van der Waals surface area contributed by atoms with E-state index in [1.807, 2.05) is 45.4 Å². The van der Waals surface area contributed by atoms with E-state index in [4.69, 9.17) is 0 Å². The minimum absolute atomic E-state index is 0.142. The van der Waals surface area contributed by atoms with Crippen LogP contribution in [0.4, 0.5) is 5.82 Å². The Morgan fingerprint density at radius 1 is 1.12 bits per heavy atom. The molecule has 178 valence electrons. The third kappa shape index (κ3) is 5.81. The molecule has 6 nitrogen and oxygen atoms in total. The van der Waals surface area contributed by atoms with E-state index in [0.717, 1.165) is 65.3 Å². The van der Waals surface area contributed by atoms with Crippen LogP contribution in [0.15, 0.2) is 61.2 Å². The van der Waals surface area contributed by atoms with E-state index in [0.29, 0.717) is 5.56 Å². The van der Waals surface area contributed by atoms with Crippen LogP contribution >= 0.6 is 0 Å². The van der Waals surface area contributed by atoms with Crippen LogP contribution in [-0.2, 0) is 7.05 Å². The van der Waals surface area contributed by atoms with Gasteiger partial charge in [-0.05, 0) is 67.2 Å². The third-order valence-electron chi connectivity index (χ3n) is 5.90. The minimum atomic E-state index is -0.142. The molecule has 0 aliphatic heterocycles. The number of hydrogen-bond donors (Lipinski definition) is 1. The molecule has 1 amide bonds. The molecule has 0 saturated carbocycles. The highest BCUT2D eigenvalue weighted by Crippen LogP contribution is 2.28. The number of nitrogens with one attached hydrogen (secondary N) is 1. The summed E-state index contributed by atoms with van der Waals surface area (Å²) in [5, 5.41) is 7.36. The number of carbonyl (C=O) groups excluding carboxylic acids is 1. The van der Waals surface area contributed by atoms with Crippen LogP contribution in [0, 0.1) is 0 Å². The first kappa shape index (κ1) is 25.0. The lowest BCUT2D eigenvalue weighted by Crippen LogP contribution is -2.27. The highest BCUT2D eigenvalue weighted by Gasteiger charge is 2.14. The zero-order chi connectivity index (χ0) is 24.7. The van der Waals surface area contributed by atoms with Gasteiger partial charge in [-0.2, -0.15) is 5.10 Å². The van der Waals surface area contributed by atoms with Crippen LogP contribution in [-0.4, -0.2) is 33.8 Å². The highest BCUT2D eigenvalue weighted by atomic mass is 16.1. The van der Waals surface area contributed by atoms with Gasteiger partial charge in [0, 0.05) is 49.4 Å². The van der Waals surface area contributed by atoms with Crippen LogP contribution in [0.25, 0.3) is 22.8 Å². The first-order valence-corrected chi connectivity index (χ1v) is 11.8. The Morgan fingerprint density at radius 2 is 1.85 bits per heavy atom. The fourth-order valence-electron chi connectivity index (χ4n) is 3.96. The highest BCUT2D eigenvalue weighted by molar-refractivity contribution is 5.97. The van der Waals surface area contributed by atoms with Gasteiger partial charge in [-0.25, -0.2) is 4.98 Å². The Balaban J connectivity index is 1.88. The molecule has 1 aromatic carbocycles. The minimum Gasteiger partial charge on any atom is -0.357 e. The SMILES string of the molecule is C=Cc1ccc(-c2cnn(C)c2)cc1/C(C)=C(\C)NC(=O)c1ccnc(N(CCC)CCC)c1. The molecule has 0 radical (unpaired) electrons. The van der Waals surface area contributed by atoms with Crippen molar-refractivity contribution in [2.75, 3.05) is 18.0 Å². The standard InChI is InChI=1S/C28H35N5O/c1-7-14-33(15-8-2)27-17-24(12-13-29-27)28(34)31-21(5)20(4)26-16-23(11-10-22(26)9-3)25-18-30-32(6)19-25/h9-13,16-19H,3,7-8,14-15H2,1-2,4-6H3,(H,31,34)/b21-20+. The number of benzene rings is 1. The van der Waals surface area contributed by atoms with E-state index >= 15 is 0 Å². The summed E-state index contributed by atoms with van der Waals surface area (Å²) in [5.74, 6) is 0.699. The second kappa shape index (κ2) is 11.5. The zero-order valence-corrected chi connectivity index (χ0v) is 20.9. The molecule has 2 aromatic heterocycles. The number of aromatic nitrogens is 3. The van der Waals surface area contributed by atoms with Crippen molar-refractivity contribution < 1.29 is 4.79 Å². The molecule has 6 heteroatoms. The average molecular weight is 458 g/mol. The van der Waals surface area contributed by atoms with Gasteiger partial charge in [-0.1, -0.05) is 38.6 Å². The van der Waals surface area contributed by atoms with Crippen molar-refractivity contribution in [3.05, 3.63) is 77.9 Å².